The second-order valence-corrected chi connectivity index (χ2v) is 8.69. The normalized spacial score (nSPS) is 29.8. The molecule has 2 aliphatic carbocycles. The number of carbonyl (C=O) groups excluding carboxylic acids is 3. The zero-order valence-corrected chi connectivity index (χ0v) is 16.9. The van der Waals surface area contributed by atoms with Gasteiger partial charge in [-0.05, 0) is 58.3 Å². The smallest absolute Gasteiger partial charge is 0.310 e. The van der Waals surface area contributed by atoms with Gasteiger partial charge in [0.25, 0.3) is 0 Å². The summed E-state index contributed by atoms with van der Waals surface area (Å²) in [5.74, 6) is -0.403. The lowest BCUT2D eigenvalue weighted by Gasteiger charge is -2.42. The van der Waals surface area contributed by atoms with E-state index in [1.54, 1.807) is 11.8 Å². The Balaban J connectivity index is 1.50. The summed E-state index contributed by atoms with van der Waals surface area (Å²) in [5, 5.41) is 0. The molecule has 4 aliphatic rings. The lowest BCUT2D eigenvalue weighted by atomic mass is 9.89. The van der Waals surface area contributed by atoms with E-state index >= 15 is 0 Å². The molecule has 4 fully saturated rings. The molecule has 2 saturated carbocycles. The number of hydrogen-bond donors (Lipinski definition) is 0. The summed E-state index contributed by atoms with van der Waals surface area (Å²) < 4.78 is 11.4. The Kier molecular flexibility index (Phi) is 5.63. The summed E-state index contributed by atoms with van der Waals surface area (Å²) >= 11 is 0. The van der Waals surface area contributed by atoms with Crippen LogP contribution in [0.3, 0.4) is 0 Å². The second kappa shape index (κ2) is 8.01. The Morgan fingerprint density at radius 2 is 1.75 bits per heavy atom. The molecule has 0 aromatic heterocycles. The number of nitrogens with zero attached hydrogens (tertiary/aromatic N) is 2. The fourth-order valence-corrected chi connectivity index (χ4v) is 5.06. The fourth-order valence-electron chi connectivity index (χ4n) is 5.06. The van der Waals surface area contributed by atoms with Gasteiger partial charge in [-0.25, -0.2) is 0 Å². The van der Waals surface area contributed by atoms with Crippen molar-refractivity contribution in [2.24, 2.45) is 11.8 Å². The molecular weight excluding hydrogens is 360 g/mol. The summed E-state index contributed by atoms with van der Waals surface area (Å²) in [6.07, 6.45) is 8.23. The number of rotatable bonds is 4. The number of ether oxygens (including phenoxy) is 2. The van der Waals surface area contributed by atoms with E-state index in [0.29, 0.717) is 19.7 Å². The van der Waals surface area contributed by atoms with E-state index < -0.39 is 11.8 Å². The van der Waals surface area contributed by atoms with Gasteiger partial charge in [0.1, 0.15) is 11.8 Å². The number of carbonyl (C=O) groups is 3. The molecular formula is C21H32N2O5. The molecule has 0 aromatic rings. The van der Waals surface area contributed by atoms with E-state index in [0.717, 1.165) is 57.8 Å². The minimum atomic E-state index is -0.589. The molecule has 156 valence electrons. The molecule has 0 radical (unpaired) electrons. The molecule has 2 aliphatic heterocycles. The highest BCUT2D eigenvalue weighted by molar-refractivity contribution is 5.91. The maximum atomic E-state index is 13.4. The van der Waals surface area contributed by atoms with Crippen molar-refractivity contribution in [1.29, 1.82) is 0 Å². The van der Waals surface area contributed by atoms with E-state index in [4.69, 9.17) is 9.47 Å². The summed E-state index contributed by atoms with van der Waals surface area (Å²) in [6, 6.07) is -0.549. The van der Waals surface area contributed by atoms with Gasteiger partial charge in [0, 0.05) is 19.0 Å². The maximum Gasteiger partial charge on any atom is 0.310 e. The van der Waals surface area contributed by atoms with E-state index in [2.05, 4.69) is 0 Å². The molecule has 4 rings (SSSR count). The first kappa shape index (κ1) is 19.7. The van der Waals surface area contributed by atoms with Crippen LogP contribution in [0.4, 0.5) is 0 Å². The number of likely N-dealkylation sites (tertiary alicyclic amines) is 1. The van der Waals surface area contributed by atoms with Crippen molar-refractivity contribution in [3.63, 3.8) is 0 Å². The van der Waals surface area contributed by atoms with Gasteiger partial charge in [-0.3, -0.25) is 19.3 Å². The van der Waals surface area contributed by atoms with Crippen molar-refractivity contribution in [2.75, 3.05) is 26.3 Å². The molecule has 0 aromatic carbocycles. The molecule has 0 N–H and O–H groups in total. The Labute approximate surface area is 166 Å². The fraction of sp³-hybridized carbons (Fsp3) is 0.857. The largest absolute Gasteiger partial charge is 0.466 e. The van der Waals surface area contributed by atoms with E-state index in [1.165, 1.54) is 0 Å². The average Bonchev–Trinajstić information content (AvgIpc) is 3.51. The van der Waals surface area contributed by atoms with Gasteiger partial charge >= 0.3 is 5.97 Å². The van der Waals surface area contributed by atoms with Gasteiger partial charge in [-0.15, -0.1) is 0 Å². The lowest BCUT2D eigenvalue weighted by molar-refractivity contribution is -0.164. The van der Waals surface area contributed by atoms with Crippen molar-refractivity contribution in [3.05, 3.63) is 0 Å². The van der Waals surface area contributed by atoms with Crippen molar-refractivity contribution in [3.8, 4) is 0 Å². The molecule has 7 heteroatoms. The van der Waals surface area contributed by atoms with Crippen molar-refractivity contribution in [1.82, 2.24) is 9.80 Å². The van der Waals surface area contributed by atoms with Crippen LogP contribution in [0, 0.1) is 11.8 Å². The minimum absolute atomic E-state index is 0.0597. The third-order valence-electron chi connectivity index (χ3n) is 6.70. The molecule has 28 heavy (non-hydrogen) atoms. The summed E-state index contributed by atoms with van der Waals surface area (Å²) in [7, 11) is 0. The third-order valence-corrected chi connectivity index (χ3v) is 6.70. The molecule has 2 amide bonds. The Bertz CT molecular complexity index is 626. The Hall–Kier alpha value is -1.63. The van der Waals surface area contributed by atoms with Gasteiger partial charge < -0.3 is 14.4 Å². The SMILES string of the molecule is CCOC(=O)C1CCCN(C(=O)C2COC3(CCCCC3)N2C(=O)C2CC2)C1. The summed E-state index contributed by atoms with van der Waals surface area (Å²) in [6.45, 7) is 3.44. The lowest BCUT2D eigenvalue weighted by Crippen LogP contribution is -2.58. The van der Waals surface area contributed by atoms with E-state index in [-0.39, 0.29) is 36.2 Å². The van der Waals surface area contributed by atoms with Gasteiger partial charge in [-0.2, -0.15) is 0 Å². The highest BCUT2D eigenvalue weighted by Gasteiger charge is 2.55. The number of esters is 1. The molecule has 2 heterocycles. The van der Waals surface area contributed by atoms with Crippen molar-refractivity contribution < 1.29 is 23.9 Å². The quantitative estimate of drug-likeness (QED) is 0.685. The number of piperidine rings is 1. The van der Waals surface area contributed by atoms with Crippen LogP contribution in [-0.2, 0) is 23.9 Å². The monoisotopic (exact) mass is 392 g/mol. The predicted octanol–water partition coefficient (Wildman–Crippen LogP) is 2.09. The average molecular weight is 392 g/mol. The van der Waals surface area contributed by atoms with Gasteiger partial charge in [0.15, 0.2) is 0 Å². The van der Waals surface area contributed by atoms with Gasteiger partial charge in [0.2, 0.25) is 11.8 Å². The third kappa shape index (κ3) is 3.65. The van der Waals surface area contributed by atoms with Crippen LogP contribution in [0.2, 0.25) is 0 Å². The Morgan fingerprint density at radius 3 is 2.43 bits per heavy atom. The molecule has 7 nitrogen and oxygen atoms in total. The number of hydrogen-bond acceptors (Lipinski definition) is 5. The Morgan fingerprint density at radius 1 is 1.00 bits per heavy atom. The van der Waals surface area contributed by atoms with Crippen LogP contribution >= 0.6 is 0 Å². The standard InChI is InChI=1S/C21H32N2O5/c1-2-27-20(26)16-7-6-12-22(13-16)19(25)17-14-28-21(10-4-3-5-11-21)23(17)18(24)15-8-9-15/h15-17H,2-14H2,1H3. The van der Waals surface area contributed by atoms with Gasteiger partial charge in [0.05, 0.1) is 19.1 Å². The molecule has 2 atom stereocenters. The molecule has 0 bridgehead atoms. The highest BCUT2D eigenvalue weighted by atomic mass is 16.5. The number of amides is 2. The zero-order chi connectivity index (χ0) is 19.7. The van der Waals surface area contributed by atoms with E-state index in [9.17, 15) is 14.4 Å². The van der Waals surface area contributed by atoms with Crippen LogP contribution in [0.15, 0.2) is 0 Å². The molecule has 2 unspecified atom stereocenters. The maximum absolute atomic E-state index is 13.4. The van der Waals surface area contributed by atoms with Crippen LogP contribution in [0.5, 0.6) is 0 Å². The van der Waals surface area contributed by atoms with Crippen molar-refractivity contribution >= 4 is 17.8 Å². The first-order valence-corrected chi connectivity index (χ1v) is 11.0. The van der Waals surface area contributed by atoms with E-state index in [1.807, 2.05) is 4.90 Å². The van der Waals surface area contributed by atoms with Crippen molar-refractivity contribution in [2.45, 2.75) is 76.5 Å². The van der Waals surface area contributed by atoms with Crippen LogP contribution < -0.4 is 0 Å². The zero-order valence-electron chi connectivity index (χ0n) is 16.9. The second-order valence-electron chi connectivity index (χ2n) is 8.69. The minimum Gasteiger partial charge on any atom is -0.466 e. The highest BCUT2D eigenvalue weighted by Crippen LogP contribution is 2.44. The summed E-state index contributed by atoms with van der Waals surface area (Å²) in [5.41, 5.74) is -0.589. The molecule has 2 saturated heterocycles. The summed E-state index contributed by atoms with van der Waals surface area (Å²) in [4.78, 5) is 42.3. The van der Waals surface area contributed by atoms with Crippen LogP contribution in [0.25, 0.3) is 0 Å². The van der Waals surface area contributed by atoms with Gasteiger partial charge in [-0.1, -0.05) is 6.42 Å². The first-order chi connectivity index (χ1) is 13.6. The predicted molar refractivity (Wildman–Crippen MR) is 101 cm³/mol. The molecule has 1 spiro atoms. The first-order valence-electron chi connectivity index (χ1n) is 11.0. The topological polar surface area (TPSA) is 76.2 Å². The van der Waals surface area contributed by atoms with Crippen LogP contribution in [0.1, 0.15) is 64.7 Å². The van der Waals surface area contributed by atoms with Crippen LogP contribution in [-0.4, -0.2) is 65.7 Å².